The molecule has 2 aliphatic rings. The number of carbonyl (C=O) groups is 1. The third-order valence-electron chi connectivity index (χ3n) is 3.57. The lowest BCUT2D eigenvalue weighted by molar-refractivity contribution is -0.137. The van der Waals surface area contributed by atoms with Crippen molar-refractivity contribution in [3.05, 3.63) is 0 Å². The summed E-state index contributed by atoms with van der Waals surface area (Å²) in [4.78, 5) is 14.0. The largest absolute Gasteiger partial charge is 0.391 e. The first-order valence-electron chi connectivity index (χ1n) is 6.17. The maximum atomic E-state index is 12.3. The minimum atomic E-state index is -0.799. The van der Waals surface area contributed by atoms with Crippen LogP contribution in [0.4, 0.5) is 0 Å². The summed E-state index contributed by atoms with van der Waals surface area (Å²) in [6.07, 6.45) is 1.31. The molecule has 2 saturated heterocycles. The van der Waals surface area contributed by atoms with Gasteiger partial charge in [-0.1, -0.05) is 0 Å². The molecular formula is C11H21N3O2S. The number of piperidine rings is 1. The molecule has 1 spiro atoms. The van der Waals surface area contributed by atoms with E-state index >= 15 is 0 Å². The molecular weight excluding hydrogens is 238 g/mol. The standard InChI is InChI=1S/C11H21N3O2S/c1-8(15)9(12)10(16)14-5-6-17-11(14)3-2-4-13-7-11/h8-9,13,15H,2-7,12H2,1H3/t8-,9+,11?/m1/s1. The molecule has 17 heavy (non-hydrogen) atoms. The molecule has 2 heterocycles. The van der Waals surface area contributed by atoms with E-state index in [1.807, 2.05) is 16.7 Å². The molecule has 0 radical (unpaired) electrons. The fraction of sp³-hybridized carbons (Fsp3) is 0.909. The highest BCUT2D eigenvalue weighted by molar-refractivity contribution is 8.00. The summed E-state index contributed by atoms with van der Waals surface area (Å²) in [5.41, 5.74) is 5.76. The first kappa shape index (κ1) is 13.1. The molecule has 0 aromatic carbocycles. The number of nitrogens with one attached hydrogen (secondary N) is 1. The number of aliphatic hydroxyl groups excluding tert-OH is 1. The van der Waals surface area contributed by atoms with Crippen molar-refractivity contribution in [1.29, 1.82) is 0 Å². The van der Waals surface area contributed by atoms with E-state index < -0.39 is 12.1 Å². The van der Waals surface area contributed by atoms with Gasteiger partial charge in [-0.3, -0.25) is 4.79 Å². The van der Waals surface area contributed by atoms with E-state index in [0.29, 0.717) is 0 Å². The molecule has 0 aromatic heterocycles. The van der Waals surface area contributed by atoms with Gasteiger partial charge in [0.25, 0.3) is 0 Å². The molecule has 0 aromatic rings. The zero-order chi connectivity index (χ0) is 12.5. The minimum absolute atomic E-state index is 0.117. The van der Waals surface area contributed by atoms with Crippen molar-refractivity contribution < 1.29 is 9.90 Å². The van der Waals surface area contributed by atoms with Gasteiger partial charge in [0.2, 0.25) is 5.91 Å². The van der Waals surface area contributed by atoms with E-state index in [9.17, 15) is 9.90 Å². The van der Waals surface area contributed by atoms with E-state index in [1.54, 1.807) is 6.92 Å². The molecule has 1 amide bonds. The van der Waals surface area contributed by atoms with Gasteiger partial charge in [0.1, 0.15) is 10.9 Å². The van der Waals surface area contributed by atoms with Crippen molar-refractivity contribution in [3.63, 3.8) is 0 Å². The Balaban J connectivity index is 2.11. The van der Waals surface area contributed by atoms with Crippen LogP contribution in [0, 0.1) is 0 Å². The van der Waals surface area contributed by atoms with Crippen LogP contribution in [0.5, 0.6) is 0 Å². The zero-order valence-corrected chi connectivity index (χ0v) is 11.0. The summed E-state index contributed by atoms with van der Waals surface area (Å²) in [7, 11) is 0. The Hall–Kier alpha value is -0.300. The fourth-order valence-corrected chi connectivity index (χ4v) is 4.00. The molecule has 2 aliphatic heterocycles. The number of nitrogens with two attached hydrogens (primary N) is 1. The number of hydrogen-bond acceptors (Lipinski definition) is 5. The molecule has 2 fully saturated rings. The van der Waals surface area contributed by atoms with Crippen molar-refractivity contribution in [2.75, 3.05) is 25.4 Å². The summed E-state index contributed by atoms with van der Waals surface area (Å²) in [5.74, 6) is 0.841. The van der Waals surface area contributed by atoms with Gasteiger partial charge in [-0.15, -0.1) is 11.8 Å². The Bertz CT molecular complexity index is 292. The third kappa shape index (κ3) is 2.45. The molecule has 98 valence electrons. The summed E-state index contributed by atoms with van der Waals surface area (Å²) >= 11 is 1.84. The van der Waals surface area contributed by atoms with Gasteiger partial charge in [0.15, 0.2) is 0 Å². The highest BCUT2D eigenvalue weighted by Crippen LogP contribution is 2.40. The Morgan fingerprint density at radius 1 is 1.65 bits per heavy atom. The first-order valence-corrected chi connectivity index (χ1v) is 7.15. The molecule has 0 bridgehead atoms. The van der Waals surface area contributed by atoms with Crippen LogP contribution in [0.1, 0.15) is 19.8 Å². The van der Waals surface area contributed by atoms with Gasteiger partial charge in [0, 0.05) is 18.8 Å². The lowest BCUT2D eigenvalue weighted by Crippen LogP contribution is -2.59. The summed E-state index contributed by atoms with van der Waals surface area (Å²) in [6.45, 7) is 4.16. The predicted octanol–water partition coefficient (Wildman–Crippen LogP) is -0.650. The highest BCUT2D eigenvalue weighted by Gasteiger charge is 2.46. The van der Waals surface area contributed by atoms with E-state index in [4.69, 9.17) is 5.73 Å². The number of hydrogen-bond donors (Lipinski definition) is 3. The van der Waals surface area contributed by atoms with Gasteiger partial charge in [-0.2, -0.15) is 0 Å². The summed E-state index contributed by atoms with van der Waals surface area (Å²) in [6, 6.07) is -0.799. The Morgan fingerprint density at radius 3 is 3.00 bits per heavy atom. The van der Waals surface area contributed by atoms with Gasteiger partial charge < -0.3 is 21.1 Å². The van der Waals surface area contributed by atoms with E-state index in [1.165, 1.54) is 0 Å². The average Bonchev–Trinajstić information content (AvgIpc) is 2.71. The van der Waals surface area contributed by atoms with Crippen LogP contribution in [0.3, 0.4) is 0 Å². The topological polar surface area (TPSA) is 78.6 Å². The fourth-order valence-electron chi connectivity index (χ4n) is 2.52. The SMILES string of the molecule is C[C@@H](O)[C@H](N)C(=O)N1CCSC12CCCNC2. The number of aliphatic hydroxyl groups is 1. The van der Waals surface area contributed by atoms with E-state index in [0.717, 1.165) is 38.2 Å². The molecule has 3 atom stereocenters. The highest BCUT2D eigenvalue weighted by atomic mass is 32.2. The maximum Gasteiger partial charge on any atom is 0.243 e. The molecule has 6 heteroatoms. The number of thioether (sulfide) groups is 1. The van der Waals surface area contributed by atoms with Gasteiger partial charge in [0.05, 0.1) is 6.10 Å². The second-order valence-corrected chi connectivity index (χ2v) is 6.29. The lowest BCUT2D eigenvalue weighted by atomic mass is 10.0. The number of amides is 1. The Morgan fingerprint density at radius 2 is 2.41 bits per heavy atom. The van der Waals surface area contributed by atoms with Gasteiger partial charge in [-0.05, 0) is 26.3 Å². The van der Waals surface area contributed by atoms with Gasteiger partial charge in [-0.25, -0.2) is 0 Å². The van der Waals surface area contributed by atoms with Gasteiger partial charge >= 0.3 is 0 Å². The third-order valence-corrected chi connectivity index (χ3v) is 5.06. The smallest absolute Gasteiger partial charge is 0.243 e. The summed E-state index contributed by atoms with van der Waals surface area (Å²) < 4.78 is 0. The van der Waals surface area contributed by atoms with E-state index in [2.05, 4.69) is 5.32 Å². The van der Waals surface area contributed by atoms with E-state index in [-0.39, 0.29) is 10.8 Å². The molecule has 0 saturated carbocycles. The van der Waals surface area contributed by atoms with Crippen molar-refractivity contribution in [3.8, 4) is 0 Å². The van der Waals surface area contributed by atoms with Crippen LogP contribution in [0.25, 0.3) is 0 Å². The monoisotopic (exact) mass is 259 g/mol. The van der Waals surface area contributed by atoms with Crippen molar-refractivity contribution >= 4 is 17.7 Å². The Kier molecular flexibility index (Phi) is 3.97. The molecule has 4 N–H and O–H groups in total. The predicted molar refractivity (Wildman–Crippen MR) is 68.7 cm³/mol. The minimum Gasteiger partial charge on any atom is -0.391 e. The lowest BCUT2D eigenvalue weighted by Gasteiger charge is -2.42. The zero-order valence-electron chi connectivity index (χ0n) is 10.2. The number of rotatable bonds is 2. The number of carbonyl (C=O) groups excluding carboxylic acids is 1. The van der Waals surface area contributed by atoms with Crippen molar-refractivity contribution in [2.24, 2.45) is 5.73 Å². The molecule has 0 aliphatic carbocycles. The quantitative estimate of drug-likeness (QED) is 0.614. The van der Waals surface area contributed by atoms with Crippen LogP contribution < -0.4 is 11.1 Å². The maximum absolute atomic E-state index is 12.3. The van der Waals surface area contributed by atoms with Crippen LogP contribution >= 0.6 is 11.8 Å². The Labute approximate surface area is 106 Å². The summed E-state index contributed by atoms with van der Waals surface area (Å²) in [5, 5.41) is 12.8. The molecule has 5 nitrogen and oxygen atoms in total. The van der Waals surface area contributed by atoms with Crippen LogP contribution in [-0.2, 0) is 4.79 Å². The van der Waals surface area contributed by atoms with Crippen molar-refractivity contribution in [2.45, 2.75) is 36.8 Å². The normalized spacial score (nSPS) is 32.8. The molecule has 2 rings (SSSR count). The van der Waals surface area contributed by atoms with Crippen LogP contribution in [-0.4, -0.2) is 58.3 Å². The van der Waals surface area contributed by atoms with Crippen LogP contribution in [0.15, 0.2) is 0 Å². The number of nitrogens with zero attached hydrogens (tertiary/aromatic N) is 1. The second kappa shape index (κ2) is 5.14. The molecule has 1 unspecified atom stereocenters. The average molecular weight is 259 g/mol. The van der Waals surface area contributed by atoms with Crippen molar-refractivity contribution in [1.82, 2.24) is 10.2 Å². The second-order valence-electron chi connectivity index (χ2n) is 4.83. The van der Waals surface area contributed by atoms with Crippen LogP contribution in [0.2, 0.25) is 0 Å². The first-order chi connectivity index (χ1) is 8.07.